The molecule has 1 amide bonds. The summed E-state index contributed by atoms with van der Waals surface area (Å²) in [6.07, 6.45) is 2.60. The van der Waals surface area contributed by atoms with E-state index in [1.165, 1.54) is 18.5 Å². The minimum Gasteiger partial charge on any atom is -0.312 e. The summed E-state index contributed by atoms with van der Waals surface area (Å²) in [5, 5.41) is 11.0. The Morgan fingerprint density at radius 1 is 1.14 bits per heavy atom. The van der Waals surface area contributed by atoms with E-state index in [1.54, 1.807) is 29.2 Å². The number of carbonyl (C=O) groups excluding carboxylic acids is 2. The molecule has 2 aromatic carbocycles. The number of ketones is 1. The molecule has 0 atom stereocenters. The maximum Gasteiger partial charge on any atom is 0.270 e. The van der Waals surface area contributed by atoms with Gasteiger partial charge in [0.25, 0.3) is 11.2 Å². The highest BCUT2D eigenvalue weighted by Crippen LogP contribution is 2.22. The number of aromatic nitrogens is 2. The Morgan fingerprint density at radius 2 is 1.90 bits per heavy atom. The molecule has 3 aromatic rings. The van der Waals surface area contributed by atoms with E-state index in [9.17, 15) is 24.5 Å². The van der Waals surface area contributed by atoms with Crippen molar-refractivity contribution in [1.82, 2.24) is 9.55 Å². The van der Waals surface area contributed by atoms with Crippen LogP contribution < -0.4 is 10.5 Å². The molecule has 9 heteroatoms. The predicted octanol–water partition coefficient (Wildman–Crippen LogP) is 2.31. The Balaban J connectivity index is 1.58. The average Bonchev–Trinajstić information content (AvgIpc) is 3.15. The molecule has 0 spiro atoms. The molecule has 0 N–H and O–H groups in total. The SMILES string of the molecule is O=C(Cn1cnc2ccc([N+](=O)[O-])cc2c1=O)c1ccc(N2CCCC2=O)cc1. The van der Waals surface area contributed by atoms with Crippen LogP contribution in [0.1, 0.15) is 23.2 Å². The predicted molar refractivity (Wildman–Crippen MR) is 105 cm³/mol. The van der Waals surface area contributed by atoms with E-state index < -0.39 is 10.5 Å². The van der Waals surface area contributed by atoms with Crippen LogP contribution in [-0.4, -0.2) is 32.7 Å². The molecule has 1 fully saturated rings. The molecule has 1 saturated heterocycles. The number of carbonyl (C=O) groups is 2. The maximum atomic E-state index is 12.6. The molecule has 0 unspecified atom stereocenters. The van der Waals surface area contributed by atoms with Gasteiger partial charge in [0.05, 0.1) is 28.7 Å². The minimum absolute atomic E-state index is 0.0620. The van der Waals surface area contributed by atoms with E-state index >= 15 is 0 Å². The van der Waals surface area contributed by atoms with Crippen molar-refractivity contribution in [1.29, 1.82) is 0 Å². The molecular weight excluding hydrogens is 376 g/mol. The Bertz CT molecular complexity index is 1200. The van der Waals surface area contributed by atoms with Crippen molar-refractivity contribution in [2.24, 2.45) is 0 Å². The number of nitro groups is 1. The molecule has 0 radical (unpaired) electrons. The van der Waals surface area contributed by atoms with Gasteiger partial charge in [-0.2, -0.15) is 0 Å². The fraction of sp³-hybridized carbons (Fsp3) is 0.200. The van der Waals surface area contributed by atoms with E-state index in [4.69, 9.17) is 0 Å². The van der Waals surface area contributed by atoms with Gasteiger partial charge in [-0.15, -0.1) is 0 Å². The van der Waals surface area contributed by atoms with E-state index in [0.29, 0.717) is 24.0 Å². The minimum atomic E-state index is -0.589. The Hall–Kier alpha value is -3.88. The summed E-state index contributed by atoms with van der Waals surface area (Å²) in [4.78, 5) is 53.2. The van der Waals surface area contributed by atoms with Crippen LogP contribution in [0, 0.1) is 10.1 Å². The van der Waals surface area contributed by atoms with Gasteiger partial charge in [0.1, 0.15) is 0 Å². The van der Waals surface area contributed by atoms with Crippen LogP contribution in [0.3, 0.4) is 0 Å². The molecule has 0 bridgehead atoms. The average molecular weight is 392 g/mol. The van der Waals surface area contributed by atoms with Crippen molar-refractivity contribution in [2.75, 3.05) is 11.4 Å². The van der Waals surface area contributed by atoms with Crippen molar-refractivity contribution < 1.29 is 14.5 Å². The zero-order valence-electron chi connectivity index (χ0n) is 15.3. The maximum absolute atomic E-state index is 12.6. The standard InChI is InChI=1S/C20H16N4O5/c25-18(13-3-5-14(6-4-13)23-9-1-2-19(23)26)11-22-12-21-17-8-7-15(24(28)29)10-16(17)20(22)27/h3-8,10,12H,1-2,9,11H2. The fourth-order valence-corrected chi connectivity index (χ4v) is 3.37. The van der Waals surface area contributed by atoms with E-state index in [-0.39, 0.29) is 29.3 Å². The molecule has 146 valence electrons. The summed E-state index contributed by atoms with van der Waals surface area (Å²) in [5.41, 5.74) is 0.718. The lowest BCUT2D eigenvalue weighted by atomic mass is 10.1. The quantitative estimate of drug-likeness (QED) is 0.374. The number of hydrogen-bond acceptors (Lipinski definition) is 6. The van der Waals surface area contributed by atoms with E-state index in [1.807, 2.05) is 0 Å². The van der Waals surface area contributed by atoms with Gasteiger partial charge in [-0.05, 0) is 36.8 Å². The van der Waals surface area contributed by atoms with Crippen LogP contribution in [0.5, 0.6) is 0 Å². The number of amides is 1. The smallest absolute Gasteiger partial charge is 0.270 e. The van der Waals surface area contributed by atoms with Crippen LogP contribution in [0.4, 0.5) is 11.4 Å². The normalized spacial score (nSPS) is 13.8. The first-order valence-electron chi connectivity index (χ1n) is 9.01. The number of anilines is 1. The number of fused-ring (bicyclic) bond motifs is 1. The molecule has 0 aliphatic carbocycles. The number of rotatable bonds is 5. The van der Waals surface area contributed by atoms with Gasteiger partial charge in [0, 0.05) is 36.3 Å². The van der Waals surface area contributed by atoms with Crippen molar-refractivity contribution in [2.45, 2.75) is 19.4 Å². The van der Waals surface area contributed by atoms with E-state index in [0.717, 1.165) is 22.7 Å². The molecule has 2 heterocycles. The zero-order valence-corrected chi connectivity index (χ0v) is 15.3. The van der Waals surface area contributed by atoms with Crippen LogP contribution in [0.15, 0.2) is 53.6 Å². The summed E-state index contributed by atoms with van der Waals surface area (Å²) in [6.45, 7) is 0.420. The number of benzene rings is 2. The largest absolute Gasteiger partial charge is 0.312 e. The van der Waals surface area contributed by atoms with Gasteiger partial charge in [-0.1, -0.05) is 0 Å². The van der Waals surface area contributed by atoms with Crippen LogP contribution >= 0.6 is 0 Å². The van der Waals surface area contributed by atoms with Crippen molar-refractivity contribution in [3.63, 3.8) is 0 Å². The molecular formula is C20H16N4O5. The van der Waals surface area contributed by atoms with Crippen molar-refractivity contribution in [3.05, 3.63) is 74.8 Å². The number of nitrogens with zero attached hydrogens (tertiary/aromatic N) is 4. The summed E-state index contributed by atoms with van der Waals surface area (Å²) in [7, 11) is 0. The lowest BCUT2D eigenvalue weighted by molar-refractivity contribution is -0.384. The molecule has 1 aliphatic heterocycles. The number of hydrogen-bond donors (Lipinski definition) is 0. The molecule has 0 saturated carbocycles. The Kier molecular flexibility index (Phi) is 4.63. The van der Waals surface area contributed by atoms with Gasteiger partial charge in [0.15, 0.2) is 5.78 Å². The van der Waals surface area contributed by atoms with Crippen LogP contribution in [0.25, 0.3) is 10.9 Å². The summed E-state index contributed by atoms with van der Waals surface area (Å²) in [6, 6.07) is 10.5. The fourth-order valence-electron chi connectivity index (χ4n) is 3.37. The Labute approximate surface area is 164 Å². The lowest BCUT2D eigenvalue weighted by Gasteiger charge is -2.15. The number of Topliss-reactive ketones (excluding diaryl/α,β-unsaturated/α-hetero) is 1. The van der Waals surface area contributed by atoms with Gasteiger partial charge >= 0.3 is 0 Å². The molecule has 29 heavy (non-hydrogen) atoms. The van der Waals surface area contributed by atoms with E-state index in [2.05, 4.69) is 4.98 Å². The first-order valence-corrected chi connectivity index (χ1v) is 9.01. The highest BCUT2D eigenvalue weighted by atomic mass is 16.6. The summed E-state index contributed by atoms with van der Waals surface area (Å²) in [5.74, 6) is -0.245. The molecule has 1 aliphatic rings. The number of non-ortho nitro benzene ring substituents is 1. The third kappa shape index (κ3) is 3.49. The third-order valence-electron chi connectivity index (χ3n) is 4.91. The highest BCUT2D eigenvalue weighted by Gasteiger charge is 2.21. The third-order valence-corrected chi connectivity index (χ3v) is 4.91. The van der Waals surface area contributed by atoms with Crippen LogP contribution in [0.2, 0.25) is 0 Å². The molecule has 9 nitrogen and oxygen atoms in total. The van der Waals surface area contributed by atoms with Gasteiger partial charge < -0.3 is 4.90 Å². The van der Waals surface area contributed by atoms with Gasteiger partial charge in [0.2, 0.25) is 5.91 Å². The topological polar surface area (TPSA) is 115 Å². The molecule has 1 aromatic heterocycles. The zero-order chi connectivity index (χ0) is 20.5. The van der Waals surface area contributed by atoms with Gasteiger partial charge in [-0.3, -0.25) is 29.1 Å². The first-order chi connectivity index (χ1) is 13.9. The second-order valence-corrected chi connectivity index (χ2v) is 6.76. The Morgan fingerprint density at radius 3 is 2.55 bits per heavy atom. The number of nitro benzene ring substituents is 1. The monoisotopic (exact) mass is 392 g/mol. The highest BCUT2D eigenvalue weighted by molar-refractivity contribution is 5.98. The first kappa shape index (κ1) is 18.5. The van der Waals surface area contributed by atoms with Crippen molar-refractivity contribution >= 4 is 34.0 Å². The second kappa shape index (κ2) is 7.27. The lowest BCUT2D eigenvalue weighted by Crippen LogP contribution is -2.25. The second-order valence-electron chi connectivity index (χ2n) is 6.76. The summed E-state index contributed by atoms with van der Waals surface area (Å²) >= 11 is 0. The van der Waals surface area contributed by atoms with Crippen molar-refractivity contribution in [3.8, 4) is 0 Å². The molecule has 4 rings (SSSR count). The summed E-state index contributed by atoms with van der Waals surface area (Å²) < 4.78 is 1.13. The van der Waals surface area contributed by atoms with Gasteiger partial charge in [-0.25, -0.2) is 4.98 Å². The van der Waals surface area contributed by atoms with Crippen LogP contribution in [-0.2, 0) is 11.3 Å².